The van der Waals surface area contributed by atoms with Gasteiger partial charge in [0, 0.05) is 43.6 Å². The first-order chi connectivity index (χ1) is 11.9. The Morgan fingerprint density at radius 2 is 2.12 bits per heavy atom. The zero-order valence-corrected chi connectivity index (χ0v) is 14.4. The summed E-state index contributed by atoms with van der Waals surface area (Å²) in [5, 5.41) is 15.2. The largest absolute Gasteiger partial charge is 0.396 e. The van der Waals surface area contributed by atoms with E-state index in [1.165, 1.54) is 19.1 Å². The molecule has 1 heterocycles. The summed E-state index contributed by atoms with van der Waals surface area (Å²) in [5.41, 5.74) is 1.47. The summed E-state index contributed by atoms with van der Waals surface area (Å²) >= 11 is 0. The Bertz CT molecular complexity index is 744. The molecule has 0 aliphatic heterocycles. The van der Waals surface area contributed by atoms with Crippen molar-refractivity contribution in [3.05, 3.63) is 35.8 Å². The van der Waals surface area contributed by atoms with Crippen molar-refractivity contribution in [2.45, 2.75) is 32.7 Å². The maximum absolute atomic E-state index is 13.3. The van der Waals surface area contributed by atoms with Gasteiger partial charge in [-0.05, 0) is 36.1 Å². The van der Waals surface area contributed by atoms with Crippen LogP contribution in [0.4, 0.5) is 4.39 Å². The Morgan fingerprint density at radius 3 is 2.80 bits per heavy atom. The number of hydrogen-bond donors (Lipinski definition) is 4. The highest BCUT2D eigenvalue weighted by atomic mass is 19.1. The quantitative estimate of drug-likeness (QED) is 0.582. The molecule has 1 aromatic carbocycles. The van der Waals surface area contributed by atoms with Crippen molar-refractivity contribution in [1.29, 1.82) is 0 Å². The molecule has 1 aromatic heterocycles. The molecule has 0 radical (unpaired) electrons. The Morgan fingerprint density at radius 1 is 1.36 bits per heavy atom. The zero-order valence-electron chi connectivity index (χ0n) is 14.4. The smallest absolute Gasteiger partial charge is 0.242 e. The first-order valence-corrected chi connectivity index (χ1v) is 8.32. The van der Waals surface area contributed by atoms with Gasteiger partial charge in [0.1, 0.15) is 11.9 Å². The zero-order chi connectivity index (χ0) is 18.4. The van der Waals surface area contributed by atoms with Crippen molar-refractivity contribution in [3.63, 3.8) is 0 Å². The van der Waals surface area contributed by atoms with Gasteiger partial charge in [0.2, 0.25) is 11.8 Å². The van der Waals surface area contributed by atoms with Crippen molar-refractivity contribution in [2.75, 3.05) is 13.2 Å². The number of aromatic nitrogens is 1. The van der Waals surface area contributed by atoms with Crippen LogP contribution in [0.15, 0.2) is 24.4 Å². The van der Waals surface area contributed by atoms with E-state index in [-0.39, 0.29) is 30.2 Å². The van der Waals surface area contributed by atoms with E-state index in [1.54, 1.807) is 12.3 Å². The molecule has 4 N–H and O–H groups in total. The fraction of sp³-hybridized carbons (Fsp3) is 0.444. The van der Waals surface area contributed by atoms with E-state index in [0.717, 1.165) is 10.9 Å². The molecular weight excluding hydrogens is 325 g/mol. The van der Waals surface area contributed by atoms with E-state index in [2.05, 4.69) is 15.6 Å². The molecule has 0 saturated heterocycles. The predicted molar refractivity (Wildman–Crippen MR) is 93.4 cm³/mol. The summed E-state index contributed by atoms with van der Waals surface area (Å²) in [5.74, 6) is -0.774. The number of benzene rings is 1. The van der Waals surface area contributed by atoms with Crippen molar-refractivity contribution < 1.29 is 19.1 Å². The molecule has 2 unspecified atom stereocenters. The second kappa shape index (κ2) is 8.62. The highest BCUT2D eigenvalue weighted by Crippen LogP contribution is 2.20. The topological polar surface area (TPSA) is 94.2 Å². The lowest BCUT2D eigenvalue weighted by Crippen LogP contribution is -2.48. The van der Waals surface area contributed by atoms with E-state index >= 15 is 0 Å². The minimum absolute atomic E-state index is 0.0675. The van der Waals surface area contributed by atoms with E-state index in [1.807, 2.05) is 6.92 Å². The number of aliphatic hydroxyl groups is 1. The molecule has 7 heteroatoms. The molecule has 136 valence electrons. The summed E-state index contributed by atoms with van der Waals surface area (Å²) in [6.45, 7) is 3.78. The molecule has 0 bridgehead atoms. The molecule has 25 heavy (non-hydrogen) atoms. The molecule has 0 saturated carbocycles. The SMILES string of the molecule is CC(=O)NC(Cc1c[nH]c2cc(F)ccc12)C(=O)NCC(C)CCO. The number of carbonyl (C=O) groups is 2. The van der Waals surface area contributed by atoms with Crippen LogP contribution in [0.1, 0.15) is 25.8 Å². The standard InChI is InChI=1S/C18H24FN3O3/c1-11(5-6-23)9-21-18(25)17(22-12(2)24)7-13-10-20-16-8-14(19)3-4-15(13)16/h3-4,8,10-11,17,20,23H,5-7,9H2,1-2H3,(H,21,25)(H,22,24). The van der Waals surface area contributed by atoms with Crippen LogP contribution >= 0.6 is 0 Å². The normalized spacial score (nSPS) is 13.4. The number of fused-ring (bicyclic) bond motifs is 1. The fourth-order valence-corrected chi connectivity index (χ4v) is 2.72. The highest BCUT2D eigenvalue weighted by Gasteiger charge is 2.21. The Labute approximate surface area is 145 Å². The van der Waals surface area contributed by atoms with Crippen molar-refractivity contribution in [3.8, 4) is 0 Å². The van der Waals surface area contributed by atoms with Gasteiger partial charge in [0.15, 0.2) is 0 Å². The van der Waals surface area contributed by atoms with Gasteiger partial charge in [-0.3, -0.25) is 9.59 Å². The van der Waals surface area contributed by atoms with Crippen molar-refractivity contribution >= 4 is 22.7 Å². The second-order valence-electron chi connectivity index (χ2n) is 6.32. The molecule has 0 spiro atoms. The van der Waals surface area contributed by atoms with Crippen LogP contribution < -0.4 is 10.6 Å². The maximum atomic E-state index is 13.3. The molecule has 2 atom stereocenters. The molecule has 6 nitrogen and oxygen atoms in total. The number of aliphatic hydroxyl groups excluding tert-OH is 1. The minimum atomic E-state index is -0.720. The Hall–Kier alpha value is -2.41. The number of nitrogens with one attached hydrogen (secondary N) is 3. The predicted octanol–water partition coefficient (Wildman–Crippen LogP) is 1.49. The molecule has 2 amide bonds. The molecule has 0 aliphatic carbocycles. The van der Waals surface area contributed by atoms with E-state index in [9.17, 15) is 14.0 Å². The number of amides is 2. The number of halogens is 1. The van der Waals surface area contributed by atoms with Gasteiger partial charge in [-0.25, -0.2) is 4.39 Å². The molecular formula is C18H24FN3O3. The van der Waals surface area contributed by atoms with Gasteiger partial charge in [-0.15, -0.1) is 0 Å². The first kappa shape index (κ1) is 18.9. The van der Waals surface area contributed by atoms with Crippen LogP contribution in [0.2, 0.25) is 0 Å². The molecule has 2 rings (SSSR count). The number of hydrogen-bond acceptors (Lipinski definition) is 3. The maximum Gasteiger partial charge on any atom is 0.242 e. The monoisotopic (exact) mass is 349 g/mol. The van der Waals surface area contributed by atoms with Crippen molar-refractivity contribution in [2.24, 2.45) is 5.92 Å². The number of H-pyrrole nitrogens is 1. The van der Waals surface area contributed by atoms with Gasteiger partial charge in [0.05, 0.1) is 0 Å². The van der Waals surface area contributed by atoms with E-state index in [4.69, 9.17) is 5.11 Å². The Kier molecular flexibility index (Phi) is 6.52. The van der Waals surface area contributed by atoms with Crippen molar-refractivity contribution in [1.82, 2.24) is 15.6 Å². The average molecular weight is 349 g/mol. The lowest BCUT2D eigenvalue weighted by molar-refractivity contribution is -0.128. The lowest BCUT2D eigenvalue weighted by Gasteiger charge is -2.19. The molecule has 2 aromatic rings. The summed E-state index contributed by atoms with van der Waals surface area (Å²) in [7, 11) is 0. The minimum Gasteiger partial charge on any atom is -0.396 e. The summed E-state index contributed by atoms with van der Waals surface area (Å²) in [6, 6.07) is 3.69. The molecule has 0 fully saturated rings. The van der Waals surface area contributed by atoms with Gasteiger partial charge >= 0.3 is 0 Å². The first-order valence-electron chi connectivity index (χ1n) is 8.32. The Balaban J connectivity index is 2.10. The fourth-order valence-electron chi connectivity index (χ4n) is 2.72. The summed E-state index contributed by atoms with van der Waals surface area (Å²) < 4.78 is 13.3. The van der Waals surface area contributed by atoms with E-state index in [0.29, 0.717) is 24.9 Å². The summed E-state index contributed by atoms with van der Waals surface area (Å²) in [4.78, 5) is 26.9. The number of aromatic amines is 1. The number of carbonyl (C=O) groups excluding carboxylic acids is 2. The lowest BCUT2D eigenvalue weighted by atomic mass is 10.0. The van der Waals surface area contributed by atoms with Crippen LogP contribution in [0.5, 0.6) is 0 Å². The summed E-state index contributed by atoms with van der Waals surface area (Å²) in [6.07, 6.45) is 2.62. The second-order valence-corrected chi connectivity index (χ2v) is 6.32. The van der Waals surface area contributed by atoms with Crippen LogP contribution in [-0.4, -0.2) is 41.1 Å². The van der Waals surface area contributed by atoms with Gasteiger partial charge < -0.3 is 20.7 Å². The van der Waals surface area contributed by atoms with Gasteiger partial charge in [-0.2, -0.15) is 0 Å². The third-order valence-electron chi connectivity index (χ3n) is 4.09. The molecule has 0 aliphatic rings. The van der Waals surface area contributed by atoms with E-state index < -0.39 is 6.04 Å². The van der Waals surface area contributed by atoms with Crippen LogP contribution in [0.25, 0.3) is 10.9 Å². The third-order valence-corrected chi connectivity index (χ3v) is 4.09. The van der Waals surface area contributed by atoms with Crippen LogP contribution in [0.3, 0.4) is 0 Å². The van der Waals surface area contributed by atoms with Crippen LogP contribution in [-0.2, 0) is 16.0 Å². The van der Waals surface area contributed by atoms with Gasteiger partial charge in [-0.1, -0.05) is 6.92 Å². The van der Waals surface area contributed by atoms with Gasteiger partial charge in [0.25, 0.3) is 0 Å². The third kappa shape index (κ3) is 5.29. The number of rotatable bonds is 8. The van der Waals surface area contributed by atoms with Crippen LogP contribution in [0, 0.1) is 11.7 Å². The average Bonchev–Trinajstić information content (AvgIpc) is 2.94. The highest BCUT2D eigenvalue weighted by molar-refractivity contribution is 5.89.